The number of hydrogen-bond acceptors (Lipinski definition) is 3. The Bertz CT molecular complexity index is 301. The third-order valence-electron chi connectivity index (χ3n) is 1.42. The van der Waals surface area contributed by atoms with Crippen LogP contribution < -0.4 is 0 Å². The number of thiol groups is 1. The van der Waals surface area contributed by atoms with Gasteiger partial charge in [-0.2, -0.15) is 12.6 Å². The first kappa shape index (κ1) is 10.4. The highest BCUT2D eigenvalue weighted by Crippen LogP contribution is 2.11. The number of hydrogen-bond donors (Lipinski definition) is 1. The molecular formula is C9H9ClO2S. The smallest absolute Gasteiger partial charge is 0.315 e. The van der Waals surface area contributed by atoms with Crippen molar-refractivity contribution in [1.82, 2.24) is 0 Å². The summed E-state index contributed by atoms with van der Waals surface area (Å²) in [7, 11) is 0. The third kappa shape index (κ3) is 3.70. The lowest BCUT2D eigenvalue weighted by Gasteiger charge is -2.02. The molecule has 0 aliphatic rings. The fourth-order valence-corrected chi connectivity index (χ4v) is 1.14. The summed E-state index contributed by atoms with van der Waals surface area (Å²) in [5.41, 5.74) is 0.877. The van der Waals surface area contributed by atoms with Gasteiger partial charge in [-0.1, -0.05) is 23.7 Å². The van der Waals surface area contributed by atoms with Crippen LogP contribution in [0.25, 0.3) is 0 Å². The van der Waals surface area contributed by atoms with Crippen LogP contribution in [0.2, 0.25) is 5.02 Å². The second kappa shape index (κ2) is 5.14. The van der Waals surface area contributed by atoms with Crippen molar-refractivity contribution in [3.8, 4) is 0 Å². The van der Waals surface area contributed by atoms with Crippen LogP contribution in [0.4, 0.5) is 0 Å². The van der Waals surface area contributed by atoms with Crippen molar-refractivity contribution >= 4 is 30.2 Å². The van der Waals surface area contributed by atoms with Gasteiger partial charge >= 0.3 is 5.97 Å². The van der Waals surface area contributed by atoms with E-state index < -0.39 is 0 Å². The Balaban J connectivity index is 2.50. The maximum absolute atomic E-state index is 10.7. The van der Waals surface area contributed by atoms with Crippen molar-refractivity contribution in [1.29, 1.82) is 0 Å². The minimum absolute atomic E-state index is 0.0978. The van der Waals surface area contributed by atoms with E-state index in [2.05, 4.69) is 12.6 Å². The molecule has 0 radical (unpaired) electrons. The molecule has 0 fully saturated rings. The van der Waals surface area contributed by atoms with Crippen molar-refractivity contribution in [2.24, 2.45) is 0 Å². The van der Waals surface area contributed by atoms with Gasteiger partial charge in [0.1, 0.15) is 6.61 Å². The van der Waals surface area contributed by atoms with Gasteiger partial charge in [0.05, 0.1) is 5.75 Å². The molecule has 70 valence electrons. The zero-order chi connectivity index (χ0) is 9.68. The van der Waals surface area contributed by atoms with Gasteiger partial charge in [-0.15, -0.1) is 0 Å². The van der Waals surface area contributed by atoms with Gasteiger partial charge in [0, 0.05) is 5.02 Å². The second-order valence-electron chi connectivity index (χ2n) is 2.45. The van der Waals surface area contributed by atoms with Crippen LogP contribution in [0, 0.1) is 0 Å². The Hall–Kier alpha value is -0.670. The van der Waals surface area contributed by atoms with Crippen LogP contribution in [-0.2, 0) is 16.1 Å². The van der Waals surface area contributed by atoms with Crippen LogP contribution >= 0.6 is 24.2 Å². The number of halogens is 1. The van der Waals surface area contributed by atoms with Crippen molar-refractivity contribution in [2.45, 2.75) is 6.61 Å². The molecule has 0 unspecified atom stereocenters. The summed E-state index contributed by atoms with van der Waals surface area (Å²) in [6.45, 7) is 0.250. The fraction of sp³-hybridized carbons (Fsp3) is 0.222. The summed E-state index contributed by atoms with van der Waals surface area (Å²) in [5, 5.41) is 0.638. The first-order chi connectivity index (χ1) is 6.22. The largest absolute Gasteiger partial charge is 0.460 e. The van der Waals surface area contributed by atoms with E-state index in [-0.39, 0.29) is 18.3 Å². The van der Waals surface area contributed by atoms with Gasteiger partial charge in [0.15, 0.2) is 0 Å². The van der Waals surface area contributed by atoms with E-state index in [1.807, 2.05) is 12.1 Å². The van der Waals surface area contributed by atoms with E-state index in [1.54, 1.807) is 12.1 Å². The predicted octanol–water partition coefficient (Wildman–Crippen LogP) is 2.31. The van der Waals surface area contributed by atoms with Gasteiger partial charge in [-0.05, 0) is 17.7 Å². The monoisotopic (exact) mass is 216 g/mol. The quantitative estimate of drug-likeness (QED) is 0.620. The normalized spacial score (nSPS) is 9.69. The molecule has 1 aromatic rings. The van der Waals surface area contributed by atoms with E-state index in [0.29, 0.717) is 5.02 Å². The van der Waals surface area contributed by atoms with Crippen LogP contribution in [0.5, 0.6) is 0 Å². The molecule has 0 atom stereocenters. The number of benzene rings is 1. The molecule has 0 bridgehead atoms. The van der Waals surface area contributed by atoms with E-state index in [1.165, 1.54) is 0 Å². The zero-order valence-electron chi connectivity index (χ0n) is 6.87. The lowest BCUT2D eigenvalue weighted by Crippen LogP contribution is -2.05. The maximum atomic E-state index is 10.7. The Morgan fingerprint density at radius 1 is 1.54 bits per heavy atom. The molecule has 0 saturated carbocycles. The molecule has 0 saturated heterocycles. The summed E-state index contributed by atoms with van der Waals surface area (Å²) in [6.07, 6.45) is 0. The first-order valence-corrected chi connectivity index (χ1v) is 4.74. The lowest BCUT2D eigenvalue weighted by molar-refractivity contribution is -0.141. The van der Waals surface area contributed by atoms with Crippen LogP contribution in [0.15, 0.2) is 24.3 Å². The molecule has 0 amide bonds. The van der Waals surface area contributed by atoms with Gasteiger partial charge in [-0.3, -0.25) is 4.79 Å². The molecular weight excluding hydrogens is 208 g/mol. The summed E-state index contributed by atoms with van der Waals surface area (Å²) in [5.74, 6) is -0.232. The predicted molar refractivity (Wildman–Crippen MR) is 55.1 cm³/mol. The molecule has 0 spiro atoms. The molecule has 1 rings (SSSR count). The van der Waals surface area contributed by atoms with Crippen molar-refractivity contribution < 1.29 is 9.53 Å². The minimum Gasteiger partial charge on any atom is -0.460 e. The van der Waals surface area contributed by atoms with Gasteiger partial charge in [-0.25, -0.2) is 0 Å². The number of rotatable bonds is 3. The minimum atomic E-state index is -0.330. The molecule has 0 aliphatic heterocycles. The molecule has 0 heterocycles. The Kier molecular flexibility index (Phi) is 4.12. The van der Waals surface area contributed by atoms with Crippen molar-refractivity contribution in [2.75, 3.05) is 5.75 Å². The van der Waals surface area contributed by atoms with E-state index in [0.717, 1.165) is 5.56 Å². The topological polar surface area (TPSA) is 26.3 Å². The van der Waals surface area contributed by atoms with E-state index in [9.17, 15) is 4.79 Å². The number of ether oxygens (including phenoxy) is 1. The number of carbonyl (C=O) groups excluding carboxylic acids is 1. The summed E-state index contributed by atoms with van der Waals surface area (Å²) < 4.78 is 4.86. The third-order valence-corrected chi connectivity index (χ3v) is 1.91. The van der Waals surface area contributed by atoms with E-state index in [4.69, 9.17) is 16.3 Å². The van der Waals surface area contributed by atoms with Gasteiger partial charge < -0.3 is 4.74 Å². The number of esters is 1. The molecule has 2 nitrogen and oxygen atoms in total. The average molecular weight is 217 g/mol. The average Bonchev–Trinajstić information content (AvgIpc) is 2.14. The van der Waals surface area contributed by atoms with Crippen molar-refractivity contribution in [3.05, 3.63) is 34.9 Å². The molecule has 4 heteroatoms. The molecule has 0 aromatic heterocycles. The highest BCUT2D eigenvalue weighted by Gasteiger charge is 1.99. The summed E-state index contributed by atoms with van der Waals surface area (Å²) in [6, 6.07) is 7.18. The Labute approximate surface area is 87.3 Å². The lowest BCUT2D eigenvalue weighted by atomic mass is 10.2. The highest BCUT2D eigenvalue weighted by molar-refractivity contribution is 7.81. The summed E-state index contributed by atoms with van der Waals surface area (Å²) in [4.78, 5) is 10.7. The molecule has 0 N–H and O–H groups in total. The van der Waals surface area contributed by atoms with Crippen LogP contribution in [0.3, 0.4) is 0 Å². The standard InChI is InChI=1S/C9H9ClO2S/c10-8-3-1-2-7(4-8)5-12-9(11)6-13/h1-4,13H,5-6H2. The maximum Gasteiger partial charge on any atom is 0.315 e. The Morgan fingerprint density at radius 2 is 2.31 bits per heavy atom. The molecule has 13 heavy (non-hydrogen) atoms. The van der Waals surface area contributed by atoms with Crippen molar-refractivity contribution in [3.63, 3.8) is 0 Å². The van der Waals surface area contributed by atoms with Crippen LogP contribution in [0.1, 0.15) is 5.56 Å². The summed E-state index contributed by atoms with van der Waals surface area (Å²) >= 11 is 9.52. The van der Waals surface area contributed by atoms with Crippen LogP contribution in [-0.4, -0.2) is 11.7 Å². The SMILES string of the molecule is O=C(CS)OCc1cccc(Cl)c1. The van der Waals surface area contributed by atoms with Gasteiger partial charge in [0.2, 0.25) is 0 Å². The number of carbonyl (C=O) groups is 1. The Morgan fingerprint density at radius 3 is 2.92 bits per heavy atom. The second-order valence-corrected chi connectivity index (χ2v) is 3.20. The van der Waals surface area contributed by atoms with E-state index >= 15 is 0 Å². The molecule has 1 aromatic carbocycles. The molecule has 0 aliphatic carbocycles. The highest BCUT2D eigenvalue weighted by atomic mass is 35.5. The zero-order valence-corrected chi connectivity index (χ0v) is 8.52. The van der Waals surface area contributed by atoms with Gasteiger partial charge in [0.25, 0.3) is 0 Å². The first-order valence-electron chi connectivity index (χ1n) is 3.73. The fourth-order valence-electron chi connectivity index (χ4n) is 0.836.